The van der Waals surface area contributed by atoms with Crippen LogP contribution >= 0.6 is 0 Å². The van der Waals surface area contributed by atoms with E-state index >= 15 is 0 Å². The van der Waals surface area contributed by atoms with Gasteiger partial charge in [0.2, 0.25) is 0 Å². The second-order valence-electron chi connectivity index (χ2n) is 2.99. The van der Waals surface area contributed by atoms with Crippen LogP contribution in [0.25, 0.3) is 0 Å². The lowest BCUT2D eigenvalue weighted by atomic mass is 9.93. The summed E-state index contributed by atoms with van der Waals surface area (Å²) in [5.74, 6) is 1.82. The Bertz CT molecular complexity index is 358. The molecule has 0 fully saturated rings. The first kappa shape index (κ1) is 10.3. The van der Waals surface area contributed by atoms with Gasteiger partial charge in [-0.2, -0.15) is 5.26 Å². The third-order valence-corrected chi connectivity index (χ3v) is 2.01. The van der Waals surface area contributed by atoms with Crippen LogP contribution in [0.15, 0.2) is 30.3 Å². The second-order valence-corrected chi connectivity index (χ2v) is 2.99. The minimum Gasteiger partial charge on any atom is -0.390 e. The van der Waals surface area contributed by atoms with Crippen LogP contribution in [0.5, 0.6) is 0 Å². The predicted molar refractivity (Wildman–Crippen MR) is 54.3 cm³/mol. The zero-order chi connectivity index (χ0) is 10.4. The van der Waals surface area contributed by atoms with Gasteiger partial charge in [-0.15, -0.1) is 12.3 Å². The molecule has 0 aliphatic rings. The lowest BCUT2D eigenvalue weighted by Gasteiger charge is -2.14. The molecule has 14 heavy (non-hydrogen) atoms. The molecular formula is C12H11NO. The lowest BCUT2D eigenvalue weighted by Crippen LogP contribution is -2.16. The molecule has 0 saturated carbocycles. The van der Waals surface area contributed by atoms with Crippen LogP contribution in [0, 0.1) is 23.7 Å². The Balaban J connectivity index is 2.85. The Kier molecular flexibility index (Phi) is 3.73. The van der Waals surface area contributed by atoms with Gasteiger partial charge in [0, 0.05) is 6.42 Å². The van der Waals surface area contributed by atoms with Gasteiger partial charge in [-0.05, 0) is 5.56 Å². The number of benzene rings is 1. The van der Waals surface area contributed by atoms with Crippen LogP contribution < -0.4 is 0 Å². The summed E-state index contributed by atoms with van der Waals surface area (Å²) >= 11 is 0. The van der Waals surface area contributed by atoms with E-state index in [4.69, 9.17) is 11.7 Å². The van der Waals surface area contributed by atoms with Crippen LogP contribution in [0.1, 0.15) is 17.9 Å². The van der Waals surface area contributed by atoms with Crippen LogP contribution in [0.2, 0.25) is 0 Å². The molecule has 1 aromatic carbocycles. The smallest absolute Gasteiger partial charge is 0.0981 e. The highest BCUT2D eigenvalue weighted by Gasteiger charge is 2.19. The number of hydrogen-bond acceptors (Lipinski definition) is 2. The molecule has 1 aromatic rings. The van der Waals surface area contributed by atoms with Gasteiger partial charge in [-0.25, -0.2) is 0 Å². The van der Waals surface area contributed by atoms with Crippen molar-refractivity contribution in [2.24, 2.45) is 0 Å². The lowest BCUT2D eigenvalue weighted by molar-refractivity contribution is 0.167. The maximum atomic E-state index is 9.60. The fraction of sp³-hybridized carbons (Fsp3) is 0.250. The minimum absolute atomic E-state index is 0.202. The molecule has 0 radical (unpaired) electrons. The topological polar surface area (TPSA) is 44.0 Å². The van der Waals surface area contributed by atoms with Crippen molar-refractivity contribution in [1.82, 2.24) is 0 Å². The maximum absolute atomic E-state index is 9.60. The zero-order valence-electron chi connectivity index (χ0n) is 7.72. The minimum atomic E-state index is -0.785. The molecule has 1 rings (SSSR count). The number of hydrogen-bond donors (Lipinski definition) is 1. The summed E-state index contributed by atoms with van der Waals surface area (Å²) < 4.78 is 0. The van der Waals surface area contributed by atoms with E-state index in [9.17, 15) is 5.11 Å². The second kappa shape index (κ2) is 5.07. The average Bonchev–Trinajstić information content (AvgIpc) is 2.21. The van der Waals surface area contributed by atoms with Crippen LogP contribution in [0.4, 0.5) is 0 Å². The van der Waals surface area contributed by atoms with Crippen molar-refractivity contribution in [2.45, 2.75) is 18.4 Å². The van der Waals surface area contributed by atoms with Gasteiger partial charge in [0.25, 0.3) is 0 Å². The van der Waals surface area contributed by atoms with Gasteiger partial charge < -0.3 is 5.11 Å². The normalized spacial score (nSPS) is 13.6. The number of terminal acetylenes is 1. The van der Waals surface area contributed by atoms with Crippen LogP contribution in [-0.2, 0) is 0 Å². The Morgan fingerprint density at radius 1 is 1.36 bits per heavy atom. The summed E-state index contributed by atoms with van der Waals surface area (Å²) in [5, 5.41) is 18.5. The van der Waals surface area contributed by atoms with E-state index < -0.39 is 12.0 Å². The van der Waals surface area contributed by atoms with Gasteiger partial charge in [0.05, 0.1) is 18.1 Å². The molecule has 2 unspecified atom stereocenters. The van der Waals surface area contributed by atoms with Crippen molar-refractivity contribution in [2.75, 3.05) is 0 Å². The van der Waals surface area contributed by atoms with Gasteiger partial charge in [0.15, 0.2) is 0 Å². The number of rotatable bonds is 3. The number of nitriles is 1. The predicted octanol–water partition coefficient (Wildman–Crippen LogP) is 1.68. The van der Waals surface area contributed by atoms with Gasteiger partial charge in [-0.3, -0.25) is 0 Å². The largest absolute Gasteiger partial charge is 0.390 e. The molecule has 2 nitrogen and oxygen atoms in total. The van der Waals surface area contributed by atoms with Crippen LogP contribution in [-0.4, -0.2) is 11.2 Å². The van der Waals surface area contributed by atoms with Crippen LogP contribution in [0.3, 0.4) is 0 Å². The Morgan fingerprint density at radius 3 is 2.50 bits per heavy atom. The molecule has 0 aromatic heterocycles. The van der Waals surface area contributed by atoms with Crippen molar-refractivity contribution < 1.29 is 5.11 Å². The summed E-state index contributed by atoms with van der Waals surface area (Å²) in [4.78, 5) is 0. The average molecular weight is 185 g/mol. The van der Waals surface area contributed by atoms with Gasteiger partial charge >= 0.3 is 0 Å². The Hall–Kier alpha value is -1.77. The highest BCUT2D eigenvalue weighted by atomic mass is 16.3. The molecule has 0 bridgehead atoms. The number of nitrogens with zero attached hydrogens (tertiary/aromatic N) is 1. The summed E-state index contributed by atoms with van der Waals surface area (Å²) in [7, 11) is 0. The first-order chi connectivity index (χ1) is 6.79. The molecule has 0 heterocycles. The van der Waals surface area contributed by atoms with E-state index in [-0.39, 0.29) is 6.42 Å². The Morgan fingerprint density at radius 2 is 2.00 bits per heavy atom. The molecule has 70 valence electrons. The molecule has 2 atom stereocenters. The molecule has 1 N–H and O–H groups in total. The molecule has 0 amide bonds. The first-order valence-corrected chi connectivity index (χ1v) is 4.35. The monoisotopic (exact) mass is 185 g/mol. The summed E-state index contributed by atoms with van der Waals surface area (Å²) in [6.45, 7) is 0. The van der Waals surface area contributed by atoms with E-state index in [1.165, 1.54) is 0 Å². The van der Waals surface area contributed by atoms with Crippen molar-refractivity contribution in [3.05, 3.63) is 35.9 Å². The maximum Gasteiger partial charge on any atom is 0.0981 e. The third-order valence-electron chi connectivity index (χ3n) is 2.01. The molecular weight excluding hydrogens is 174 g/mol. The van der Waals surface area contributed by atoms with E-state index in [0.29, 0.717) is 0 Å². The van der Waals surface area contributed by atoms with Crippen molar-refractivity contribution in [1.29, 1.82) is 5.26 Å². The molecule has 0 spiro atoms. The van der Waals surface area contributed by atoms with Crippen molar-refractivity contribution >= 4 is 0 Å². The number of aliphatic hydroxyl groups is 1. The Labute approximate surface area is 83.8 Å². The summed E-state index contributed by atoms with van der Waals surface area (Å²) in [5.41, 5.74) is 0.803. The highest BCUT2D eigenvalue weighted by molar-refractivity contribution is 5.26. The highest BCUT2D eigenvalue weighted by Crippen LogP contribution is 2.20. The summed E-state index contributed by atoms with van der Waals surface area (Å²) in [6.07, 6.45) is 4.50. The fourth-order valence-electron chi connectivity index (χ4n) is 1.28. The summed E-state index contributed by atoms with van der Waals surface area (Å²) in [6, 6.07) is 11.2. The quantitative estimate of drug-likeness (QED) is 0.728. The molecule has 0 aliphatic carbocycles. The third kappa shape index (κ3) is 2.36. The molecule has 0 saturated heterocycles. The fourth-order valence-corrected chi connectivity index (χ4v) is 1.28. The number of aliphatic hydroxyl groups excluding tert-OH is 1. The SMILES string of the molecule is C#CCC(O)C(C#N)c1ccccc1. The van der Waals surface area contributed by atoms with E-state index in [0.717, 1.165) is 5.56 Å². The molecule has 0 aliphatic heterocycles. The zero-order valence-corrected chi connectivity index (χ0v) is 7.72. The van der Waals surface area contributed by atoms with E-state index in [2.05, 4.69) is 12.0 Å². The molecule has 2 heteroatoms. The standard InChI is InChI=1S/C12H11NO/c1-2-6-12(14)11(9-13)10-7-4-3-5-8-10/h1,3-5,7-8,11-12,14H,6H2. The van der Waals surface area contributed by atoms with Crippen molar-refractivity contribution in [3.63, 3.8) is 0 Å². The van der Waals surface area contributed by atoms with E-state index in [1.54, 1.807) is 0 Å². The van der Waals surface area contributed by atoms with Crippen molar-refractivity contribution in [3.8, 4) is 18.4 Å². The van der Waals surface area contributed by atoms with Gasteiger partial charge in [0.1, 0.15) is 0 Å². The van der Waals surface area contributed by atoms with E-state index in [1.807, 2.05) is 30.3 Å². The van der Waals surface area contributed by atoms with Gasteiger partial charge in [-0.1, -0.05) is 30.3 Å². The first-order valence-electron chi connectivity index (χ1n) is 4.35.